The SMILES string of the molecule is Cc1ccc(C(C)NC2CCCOC2)cc1F. The van der Waals surface area contributed by atoms with Crippen LogP contribution in [0.5, 0.6) is 0 Å². The van der Waals surface area contributed by atoms with Gasteiger partial charge < -0.3 is 10.1 Å². The normalized spacial score (nSPS) is 22.4. The molecule has 3 heteroatoms. The molecular formula is C14H20FNO. The highest BCUT2D eigenvalue weighted by Gasteiger charge is 2.17. The second-order valence-corrected chi connectivity index (χ2v) is 4.81. The molecule has 1 N–H and O–H groups in total. The molecule has 1 aromatic carbocycles. The van der Waals surface area contributed by atoms with E-state index >= 15 is 0 Å². The Morgan fingerprint density at radius 3 is 2.94 bits per heavy atom. The van der Waals surface area contributed by atoms with E-state index in [0.29, 0.717) is 11.6 Å². The van der Waals surface area contributed by atoms with Crippen molar-refractivity contribution in [2.45, 2.75) is 38.8 Å². The van der Waals surface area contributed by atoms with Gasteiger partial charge in [-0.15, -0.1) is 0 Å². The van der Waals surface area contributed by atoms with E-state index in [1.54, 1.807) is 13.0 Å². The molecule has 2 unspecified atom stereocenters. The second-order valence-electron chi connectivity index (χ2n) is 4.81. The summed E-state index contributed by atoms with van der Waals surface area (Å²) in [6, 6.07) is 6.00. The van der Waals surface area contributed by atoms with Gasteiger partial charge >= 0.3 is 0 Å². The average Bonchev–Trinajstić information content (AvgIpc) is 2.34. The molecule has 1 heterocycles. The van der Waals surface area contributed by atoms with Crippen LogP contribution in [0.4, 0.5) is 4.39 Å². The van der Waals surface area contributed by atoms with Gasteiger partial charge in [-0.2, -0.15) is 0 Å². The third-order valence-electron chi connectivity index (χ3n) is 3.34. The molecule has 1 saturated heterocycles. The third kappa shape index (κ3) is 3.27. The Morgan fingerprint density at radius 1 is 1.47 bits per heavy atom. The van der Waals surface area contributed by atoms with Crippen LogP contribution >= 0.6 is 0 Å². The Hall–Kier alpha value is -0.930. The van der Waals surface area contributed by atoms with E-state index in [9.17, 15) is 4.39 Å². The lowest BCUT2D eigenvalue weighted by Crippen LogP contribution is -2.38. The minimum Gasteiger partial charge on any atom is -0.380 e. The molecule has 2 rings (SSSR count). The first-order chi connectivity index (χ1) is 8.16. The van der Waals surface area contributed by atoms with Crippen molar-refractivity contribution in [1.29, 1.82) is 0 Å². The topological polar surface area (TPSA) is 21.3 Å². The number of rotatable bonds is 3. The largest absolute Gasteiger partial charge is 0.380 e. The highest BCUT2D eigenvalue weighted by molar-refractivity contribution is 5.25. The molecule has 2 atom stereocenters. The molecule has 0 aromatic heterocycles. The van der Waals surface area contributed by atoms with Gasteiger partial charge in [-0.05, 0) is 43.9 Å². The smallest absolute Gasteiger partial charge is 0.126 e. The van der Waals surface area contributed by atoms with Crippen LogP contribution in [0, 0.1) is 12.7 Å². The number of hydrogen-bond acceptors (Lipinski definition) is 2. The number of benzene rings is 1. The Morgan fingerprint density at radius 2 is 2.29 bits per heavy atom. The average molecular weight is 237 g/mol. The minimum atomic E-state index is -0.129. The maximum Gasteiger partial charge on any atom is 0.126 e. The van der Waals surface area contributed by atoms with Gasteiger partial charge in [0.05, 0.1) is 6.61 Å². The summed E-state index contributed by atoms with van der Waals surface area (Å²) >= 11 is 0. The molecule has 0 spiro atoms. The molecule has 1 fully saturated rings. The van der Waals surface area contributed by atoms with Gasteiger partial charge in [-0.3, -0.25) is 0 Å². The Balaban J connectivity index is 1.98. The van der Waals surface area contributed by atoms with Crippen LogP contribution in [-0.4, -0.2) is 19.3 Å². The predicted octanol–water partition coefficient (Wildman–Crippen LogP) is 2.96. The molecule has 94 valence electrons. The predicted molar refractivity (Wildman–Crippen MR) is 66.5 cm³/mol. The van der Waals surface area contributed by atoms with E-state index in [1.165, 1.54) is 0 Å². The maximum atomic E-state index is 13.5. The lowest BCUT2D eigenvalue weighted by molar-refractivity contribution is 0.0671. The van der Waals surface area contributed by atoms with E-state index in [0.717, 1.165) is 31.6 Å². The Kier molecular flexibility index (Phi) is 4.13. The van der Waals surface area contributed by atoms with Crippen LogP contribution in [0.25, 0.3) is 0 Å². The molecule has 0 radical (unpaired) electrons. The van der Waals surface area contributed by atoms with Crippen LogP contribution in [0.1, 0.15) is 36.9 Å². The summed E-state index contributed by atoms with van der Waals surface area (Å²) in [5.41, 5.74) is 1.70. The summed E-state index contributed by atoms with van der Waals surface area (Å²) in [5, 5.41) is 3.49. The first kappa shape index (κ1) is 12.5. The van der Waals surface area contributed by atoms with Gasteiger partial charge in [0.15, 0.2) is 0 Å². The molecule has 0 saturated carbocycles. The summed E-state index contributed by atoms with van der Waals surface area (Å²) < 4.78 is 18.9. The minimum absolute atomic E-state index is 0.129. The summed E-state index contributed by atoms with van der Waals surface area (Å²) in [6.07, 6.45) is 2.24. The van der Waals surface area contributed by atoms with E-state index in [1.807, 2.05) is 12.1 Å². The van der Waals surface area contributed by atoms with Crippen molar-refractivity contribution in [2.75, 3.05) is 13.2 Å². The van der Waals surface area contributed by atoms with Crippen LogP contribution in [0.3, 0.4) is 0 Å². The van der Waals surface area contributed by atoms with Crippen LogP contribution in [0.15, 0.2) is 18.2 Å². The van der Waals surface area contributed by atoms with E-state index in [4.69, 9.17) is 4.74 Å². The van der Waals surface area contributed by atoms with E-state index < -0.39 is 0 Å². The highest BCUT2D eigenvalue weighted by atomic mass is 19.1. The number of halogens is 1. The molecule has 1 aliphatic rings. The van der Waals surface area contributed by atoms with Crippen LogP contribution < -0.4 is 5.32 Å². The van der Waals surface area contributed by atoms with Crippen molar-refractivity contribution < 1.29 is 9.13 Å². The van der Waals surface area contributed by atoms with Crippen molar-refractivity contribution in [3.8, 4) is 0 Å². The van der Waals surface area contributed by atoms with Gasteiger partial charge in [0.1, 0.15) is 5.82 Å². The molecule has 2 nitrogen and oxygen atoms in total. The monoisotopic (exact) mass is 237 g/mol. The molecule has 1 aliphatic heterocycles. The Labute approximate surface area is 102 Å². The summed E-state index contributed by atoms with van der Waals surface area (Å²) in [5.74, 6) is -0.129. The van der Waals surface area contributed by atoms with Gasteiger partial charge in [0.2, 0.25) is 0 Å². The molecule has 0 aliphatic carbocycles. The van der Waals surface area contributed by atoms with Crippen molar-refractivity contribution in [1.82, 2.24) is 5.32 Å². The van der Waals surface area contributed by atoms with Crippen molar-refractivity contribution in [2.24, 2.45) is 0 Å². The number of ether oxygens (including phenoxy) is 1. The lowest BCUT2D eigenvalue weighted by atomic mass is 10.0. The van der Waals surface area contributed by atoms with E-state index in [2.05, 4.69) is 12.2 Å². The molecule has 0 bridgehead atoms. The van der Waals surface area contributed by atoms with Crippen LogP contribution in [-0.2, 0) is 4.74 Å². The van der Waals surface area contributed by atoms with Gasteiger partial charge in [0, 0.05) is 18.7 Å². The van der Waals surface area contributed by atoms with Crippen molar-refractivity contribution in [3.05, 3.63) is 35.1 Å². The molecule has 1 aromatic rings. The molecule has 0 amide bonds. The quantitative estimate of drug-likeness (QED) is 0.872. The van der Waals surface area contributed by atoms with Crippen molar-refractivity contribution >= 4 is 0 Å². The van der Waals surface area contributed by atoms with Gasteiger partial charge in [-0.1, -0.05) is 12.1 Å². The number of hydrogen-bond donors (Lipinski definition) is 1. The first-order valence-corrected chi connectivity index (χ1v) is 6.26. The van der Waals surface area contributed by atoms with Gasteiger partial charge in [0.25, 0.3) is 0 Å². The Bertz CT molecular complexity index is 374. The zero-order valence-electron chi connectivity index (χ0n) is 10.5. The molecule has 17 heavy (non-hydrogen) atoms. The highest BCUT2D eigenvalue weighted by Crippen LogP contribution is 2.18. The standard InChI is InChI=1S/C14H20FNO/c1-10-5-6-12(8-14(10)15)11(2)16-13-4-3-7-17-9-13/h5-6,8,11,13,16H,3-4,7,9H2,1-2H3. The maximum absolute atomic E-state index is 13.5. The third-order valence-corrected chi connectivity index (χ3v) is 3.34. The first-order valence-electron chi connectivity index (χ1n) is 6.26. The number of aryl methyl sites for hydroxylation is 1. The summed E-state index contributed by atoms with van der Waals surface area (Å²) in [7, 11) is 0. The second kappa shape index (κ2) is 5.61. The van der Waals surface area contributed by atoms with E-state index in [-0.39, 0.29) is 11.9 Å². The fourth-order valence-corrected chi connectivity index (χ4v) is 2.20. The number of nitrogens with one attached hydrogen (secondary N) is 1. The fraction of sp³-hybridized carbons (Fsp3) is 0.571. The zero-order chi connectivity index (χ0) is 12.3. The molecular weight excluding hydrogens is 217 g/mol. The van der Waals surface area contributed by atoms with Crippen LogP contribution in [0.2, 0.25) is 0 Å². The summed E-state index contributed by atoms with van der Waals surface area (Å²) in [4.78, 5) is 0. The lowest BCUT2D eigenvalue weighted by Gasteiger charge is -2.27. The van der Waals surface area contributed by atoms with Gasteiger partial charge in [-0.25, -0.2) is 4.39 Å². The van der Waals surface area contributed by atoms with Crippen molar-refractivity contribution in [3.63, 3.8) is 0 Å². The fourth-order valence-electron chi connectivity index (χ4n) is 2.20. The zero-order valence-corrected chi connectivity index (χ0v) is 10.5. The summed E-state index contributed by atoms with van der Waals surface area (Å²) in [6.45, 7) is 5.48.